The van der Waals surface area contributed by atoms with E-state index in [2.05, 4.69) is 6.08 Å². The molecule has 0 saturated carbocycles. The molecule has 1 nitrogen and oxygen atoms in total. The third-order valence-electron chi connectivity index (χ3n) is 1.00. The summed E-state index contributed by atoms with van der Waals surface area (Å²) in [6.07, 6.45) is 7.05. The molecule has 0 fully saturated rings. The van der Waals surface area contributed by atoms with Gasteiger partial charge in [0, 0.05) is 0 Å². The first-order chi connectivity index (χ1) is 3.91. The van der Waals surface area contributed by atoms with Crippen LogP contribution in [-0.2, 0) is 5.11 Å². The van der Waals surface area contributed by atoms with Gasteiger partial charge in [0.05, 0.1) is 6.61 Å². The van der Waals surface area contributed by atoms with Crippen LogP contribution in [0, 0.1) is 0 Å². The monoisotopic (exact) mass is 113 g/mol. The molecule has 0 aliphatic carbocycles. The predicted octanol–water partition coefficient (Wildman–Crippen LogP) is 2.16. The lowest BCUT2D eigenvalue weighted by Gasteiger charge is -1.87. The van der Waals surface area contributed by atoms with E-state index in [-0.39, 0.29) is 6.61 Å². The summed E-state index contributed by atoms with van der Waals surface area (Å²) in [4.78, 5) is 0. The van der Waals surface area contributed by atoms with Crippen molar-refractivity contribution in [2.75, 3.05) is 6.61 Å². The van der Waals surface area contributed by atoms with Gasteiger partial charge in [0.25, 0.3) is 0 Å². The molecule has 0 N–H and O–H groups in total. The average Bonchev–Trinajstić information content (AvgIpc) is 1.81. The Morgan fingerprint density at radius 3 is 2.62 bits per heavy atom. The van der Waals surface area contributed by atoms with Gasteiger partial charge in [-0.15, -0.1) is 0 Å². The van der Waals surface area contributed by atoms with Crippen molar-refractivity contribution in [2.24, 2.45) is 0 Å². The number of hydrogen-bond acceptors (Lipinski definition) is 0. The number of unbranched alkanes of at least 4 members (excludes halogenated alkanes) is 2. The lowest BCUT2D eigenvalue weighted by molar-refractivity contribution is 0.187. The summed E-state index contributed by atoms with van der Waals surface area (Å²) in [7, 11) is 0. The summed E-state index contributed by atoms with van der Waals surface area (Å²) in [6.45, 7) is 2.08. The summed E-state index contributed by atoms with van der Waals surface area (Å²) in [5.74, 6) is 0. The van der Waals surface area contributed by atoms with Crippen molar-refractivity contribution >= 4 is 0 Å². The Morgan fingerprint density at radius 1 is 1.38 bits per heavy atom. The quantitative estimate of drug-likeness (QED) is 0.393. The number of hydrogen-bond donors (Lipinski definition) is 0. The minimum atomic E-state index is 0.0809. The fraction of sp³-hybridized carbons (Fsp3) is 0.714. The first kappa shape index (κ1) is 7.70. The van der Waals surface area contributed by atoms with Crippen LogP contribution in [0.25, 0.3) is 0 Å². The summed E-state index contributed by atoms with van der Waals surface area (Å²) < 4.78 is 0. The lowest BCUT2D eigenvalue weighted by atomic mass is 10.2. The standard InChI is InChI=1S/C7H13O/c1-2-3-4-5-6-7-8/h2-3H,4-7H2,1H3/b3-2+. The van der Waals surface area contributed by atoms with Crippen molar-refractivity contribution in [1.29, 1.82) is 0 Å². The molecule has 0 unspecified atom stereocenters. The third kappa shape index (κ3) is 5.70. The van der Waals surface area contributed by atoms with Crippen LogP contribution in [0.2, 0.25) is 0 Å². The molecule has 0 atom stereocenters. The minimum Gasteiger partial charge on any atom is -0.237 e. The van der Waals surface area contributed by atoms with Crippen molar-refractivity contribution in [3.63, 3.8) is 0 Å². The predicted molar refractivity (Wildman–Crippen MR) is 34.2 cm³/mol. The molecule has 0 aliphatic heterocycles. The van der Waals surface area contributed by atoms with Crippen LogP contribution in [0.4, 0.5) is 0 Å². The molecule has 0 aromatic carbocycles. The lowest BCUT2D eigenvalue weighted by Crippen LogP contribution is -1.77. The number of rotatable bonds is 4. The Hall–Kier alpha value is -0.300. The second-order valence-corrected chi connectivity index (χ2v) is 1.77. The van der Waals surface area contributed by atoms with Gasteiger partial charge < -0.3 is 0 Å². The van der Waals surface area contributed by atoms with Crippen molar-refractivity contribution in [3.8, 4) is 0 Å². The van der Waals surface area contributed by atoms with E-state index in [9.17, 15) is 5.11 Å². The molecule has 0 aliphatic rings. The fourth-order valence-corrected chi connectivity index (χ4v) is 0.531. The Labute approximate surface area is 51.0 Å². The highest BCUT2D eigenvalue weighted by Crippen LogP contribution is 1.94. The van der Waals surface area contributed by atoms with Gasteiger partial charge >= 0.3 is 0 Å². The molecule has 0 spiro atoms. The molecule has 0 rings (SSSR count). The molecule has 0 heterocycles. The largest absolute Gasteiger partial charge is 0.237 e. The second-order valence-electron chi connectivity index (χ2n) is 1.77. The van der Waals surface area contributed by atoms with E-state index in [0.717, 1.165) is 19.3 Å². The van der Waals surface area contributed by atoms with Gasteiger partial charge in [-0.1, -0.05) is 12.2 Å². The molecule has 0 bridgehead atoms. The highest BCUT2D eigenvalue weighted by atomic mass is 16.2. The van der Waals surface area contributed by atoms with Crippen LogP contribution in [-0.4, -0.2) is 6.61 Å². The normalized spacial score (nSPS) is 10.8. The smallest absolute Gasteiger partial charge is 0.0822 e. The maximum Gasteiger partial charge on any atom is 0.0822 e. The van der Waals surface area contributed by atoms with Gasteiger partial charge in [0.1, 0.15) is 0 Å². The van der Waals surface area contributed by atoms with Crippen LogP contribution < -0.4 is 0 Å². The van der Waals surface area contributed by atoms with Crippen molar-refractivity contribution in [2.45, 2.75) is 26.2 Å². The van der Waals surface area contributed by atoms with Crippen molar-refractivity contribution < 1.29 is 5.11 Å². The van der Waals surface area contributed by atoms with E-state index >= 15 is 0 Å². The Morgan fingerprint density at radius 2 is 2.12 bits per heavy atom. The van der Waals surface area contributed by atoms with Gasteiger partial charge in [-0.3, -0.25) is 0 Å². The van der Waals surface area contributed by atoms with Gasteiger partial charge in [-0.05, 0) is 26.2 Å². The van der Waals surface area contributed by atoms with Crippen LogP contribution in [0.3, 0.4) is 0 Å². The Balaban J connectivity index is 2.72. The molecular weight excluding hydrogens is 100 g/mol. The van der Waals surface area contributed by atoms with Crippen LogP contribution in [0.1, 0.15) is 26.2 Å². The van der Waals surface area contributed by atoms with Crippen molar-refractivity contribution in [1.82, 2.24) is 0 Å². The van der Waals surface area contributed by atoms with E-state index in [1.807, 2.05) is 13.0 Å². The topological polar surface area (TPSA) is 19.9 Å². The molecule has 0 amide bonds. The van der Waals surface area contributed by atoms with Gasteiger partial charge in [0.15, 0.2) is 0 Å². The summed E-state index contributed by atoms with van der Waals surface area (Å²) >= 11 is 0. The molecule has 47 valence electrons. The zero-order valence-electron chi connectivity index (χ0n) is 5.39. The van der Waals surface area contributed by atoms with Crippen LogP contribution in [0.5, 0.6) is 0 Å². The minimum absolute atomic E-state index is 0.0809. The molecular formula is C7H13O. The van der Waals surface area contributed by atoms with Gasteiger partial charge in [-0.25, -0.2) is 5.11 Å². The molecule has 8 heavy (non-hydrogen) atoms. The first-order valence-electron chi connectivity index (χ1n) is 3.11. The highest BCUT2D eigenvalue weighted by Gasteiger charge is 1.80. The number of allylic oxidation sites excluding steroid dienone is 2. The average molecular weight is 113 g/mol. The van der Waals surface area contributed by atoms with E-state index in [1.165, 1.54) is 0 Å². The van der Waals surface area contributed by atoms with E-state index in [1.54, 1.807) is 0 Å². The summed E-state index contributed by atoms with van der Waals surface area (Å²) in [5.41, 5.74) is 0. The van der Waals surface area contributed by atoms with Crippen molar-refractivity contribution in [3.05, 3.63) is 12.2 Å². The fourth-order valence-electron chi connectivity index (χ4n) is 0.531. The zero-order chi connectivity index (χ0) is 6.24. The molecule has 0 saturated heterocycles. The molecule has 1 radical (unpaired) electrons. The molecule has 0 aromatic heterocycles. The first-order valence-corrected chi connectivity index (χ1v) is 3.11. The third-order valence-corrected chi connectivity index (χ3v) is 1.00. The zero-order valence-corrected chi connectivity index (χ0v) is 5.39. The second kappa shape index (κ2) is 6.70. The van der Waals surface area contributed by atoms with Gasteiger partial charge in [0.2, 0.25) is 0 Å². The Kier molecular flexibility index (Phi) is 6.45. The van der Waals surface area contributed by atoms with Crippen LogP contribution >= 0.6 is 0 Å². The highest BCUT2D eigenvalue weighted by molar-refractivity contribution is 4.75. The summed E-state index contributed by atoms with van der Waals surface area (Å²) in [5, 5.41) is 9.87. The van der Waals surface area contributed by atoms with Crippen LogP contribution in [0.15, 0.2) is 12.2 Å². The van der Waals surface area contributed by atoms with Gasteiger partial charge in [-0.2, -0.15) is 0 Å². The maximum absolute atomic E-state index is 9.87. The van der Waals surface area contributed by atoms with E-state index in [4.69, 9.17) is 0 Å². The Bertz CT molecular complexity index is 57.4. The van der Waals surface area contributed by atoms with E-state index < -0.39 is 0 Å². The molecule has 0 aromatic rings. The molecule has 1 heteroatoms. The maximum atomic E-state index is 9.87. The SMILES string of the molecule is C/C=C/CCCC[O]. The van der Waals surface area contributed by atoms with E-state index in [0.29, 0.717) is 0 Å². The summed E-state index contributed by atoms with van der Waals surface area (Å²) in [6, 6.07) is 0.